The van der Waals surface area contributed by atoms with E-state index in [0.717, 1.165) is 38.5 Å². The molecule has 1 N–H and O–H groups in total. The van der Waals surface area contributed by atoms with Crippen molar-refractivity contribution in [2.75, 3.05) is 19.8 Å². The number of rotatable bonds is 17. The molecule has 0 amide bonds. The molecule has 0 aromatic heterocycles. The van der Waals surface area contributed by atoms with E-state index in [9.17, 15) is 14.4 Å². The molecular weight excluding hydrogens is 346 g/mol. The van der Waals surface area contributed by atoms with Gasteiger partial charge in [-0.25, -0.2) is 0 Å². The lowest BCUT2D eigenvalue weighted by atomic mass is 9.96. The molecule has 0 aliphatic heterocycles. The predicted octanol–water partition coefficient (Wildman–Crippen LogP) is 3.81. The van der Waals surface area contributed by atoms with E-state index in [1.54, 1.807) is 13.8 Å². The molecule has 1 atom stereocenters. The molecule has 0 aromatic rings. The second-order valence-corrected chi connectivity index (χ2v) is 6.75. The minimum atomic E-state index is -0.371. The summed E-state index contributed by atoms with van der Waals surface area (Å²) in [5.41, 5.74) is 0. The number of unbranched alkanes of at least 4 members (excludes halogenated alkanes) is 3. The Bertz CT molecular complexity index is 421. The first-order valence-electron chi connectivity index (χ1n) is 10.6. The highest BCUT2D eigenvalue weighted by Gasteiger charge is 2.20. The first kappa shape index (κ1) is 25.6. The highest BCUT2D eigenvalue weighted by molar-refractivity contribution is 5.81. The predicted molar refractivity (Wildman–Crippen MR) is 106 cm³/mol. The quantitative estimate of drug-likeness (QED) is 0.303. The second-order valence-electron chi connectivity index (χ2n) is 6.75. The van der Waals surface area contributed by atoms with Crippen molar-refractivity contribution in [3.05, 3.63) is 0 Å². The molecule has 0 aromatic carbocycles. The fraction of sp³-hybridized carbons (Fsp3) is 0.857. The maximum atomic E-state index is 12.1. The Morgan fingerprint density at radius 2 is 1.44 bits per heavy atom. The number of ether oxygens (including phenoxy) is 2. The SMILES string of the molecule is CCOC(=O)CCCCCCC(NCCC(=O)C(CC)CC)C(=O)OCC. The smallest absolute Gasteiger partial charge is 0.323 e. The van der Waals surface area contributed by atoms with E-state index < -0.39 is 0 Å². The van der Waals surface area contributed by atoms with Crippen molar-refractivity contribution in [2.45, 2.75) is 91.5 Å². The molecule has 0 aliphatic carbocycles. The molecule has 1 unspecified atom stereocenters. The molecule has 0 bridgehead atoms. The Morgan fingerprint density at radius 3 is 2.04 bits per heavy atom. The van der Waals surface area contributed by atoms with Gasteiger partial charge in [0.05, 0.1) is 13.2 Å². The maximum Gasteiger partial charge on any atom is 0.323 e. The molecule has 0 spiro atoms. The molecule has 0 saturated carbocycles. The van der Waals surface area contributed by atoms with Crippen LogP contribution in [0.2, 0.25) is 0 Å². The van der Waals surface area contributed by atoms with Gasteiger partial charge in [0.2, 0.25) is 0 Å². The van der Waals surface area contributed by atoms with Gasteiger partial charge in [0.15, 0.2) is 0 Å². The van der Waals surface area contributed by atoms with Crippen LogP contribution in [-0.2, 0) is 23.9 Å². The zero-order valence-electron chi connectivity index (χ0n) is 17.7. The normalized spacial score (nSPS) is 12.0. The van der Waals surface area contributed by atoms with E-state index in [1.165, 1.54) is 0 Å². The van der Waals surface area contributed by atoms with Crippen LogP contribution in [0.5, 0.6) is 0 Å². The van der Waals surface area contributed by atoms with Crippen molar-refractivity contribution in [2.24, 2.45) is 5.92 Å². The van der Waals surface area contributed by atoms with Crippen LogP contribution in [0.15, 0.2) is 0 Å². The summed E-state index contributed by atoms with van der Waals surface area (Å²) < 4.78 is 10.0. The summed E-state index contributed by atoms with van der Waals surface area (Å²) in [4.78, 5) is 35.5. The van der Waals surface area contributed by atoms with E-state index >= 15 is 0 Å². The highest BCUT2D eigenvalue weighted by atomic mass is 16.5. The van der Waals surface area contributed by atoms with Gasteiger partial charge in [0.25, 0.3) is 0 Å². The van der Waals surface area contributed by atoms with E-state index in [0.29, 0.717) is 39.0 Å². The number of carbonyl (C=O) groups excluding carboxylic acids is 3. The number of carbonyl (C=O) groups is 3. The van der Waals surface area contributed by atoms with Crippen molar-refractivity contribution in [1.29, 1.82) is 0 Å². The zero-order chi connectivity index (χ0) is 20.5. The number of hydrogen-bond acceptors (Lipinski definition) is 6. The van der Waals surface area contributed by atoms with Gasteiger partial charge in [-0.2, -0.15) is 0 Å². The molecule has 158 valence electrons. The Morgan fingerprint density at radius 1 is 0.815 bits per heavy atom. The third kappa shape index (κ3) is 12.6. The number of esters is 2. The van der Waals surface area contributed by atoms with Gasteiger partial charge >= 0.3 is 11.9 Å². The Balaban J connectivity index is 4.16. The Hall–Kier alpha value is -1.43. The summed E-state index contributed by atoms with van der Waals surface area (Å²) in [6.07, 6.45) is 6.86. The molecule has 6 heteroatoms. The molecule has 27 heavy (non-hydrogen) atoms. The van der Waals surface area contributed by atoms with Crippen LogP contribution in [0.1, 0.15) is 85.5 Å². The molecular formula is C21H39NO5. The van der Waals surface area contributed by atoms with Crippen molar-refractivity contribution >= 4 is 17.7 Å². The lowest BCUT2D eigenvalue weighted by molar-refractivity contribution is -0.146. The standard InChI is InChI=1S/C21H39NO5/c1-5-17(6-2)19(23)15-16-22-18(21(25)27-8-4)13-11-9-10-12-14-20(24)26-7-3/h17-18,22H,5-16H2,1-4H3. The van der Waals surface area contributed by atoms with Gasteiger partial charge in [0, 0.05) is 25.3 Å². The average molecular weight is 386 g/mol. The minimum Gasteiger partial charge on any atom is -0.466 e. The second kappa shape index (κ2) is 16.7. The summed E-state index contributed by atoms with van der Waals surface area (Å²) in [7, 11) is 0. The average Bonchev–Trinajstić information content (AvgIpc) is 2.64. The van der Waals surface area contributed by atoms with Crippen LogP contribution in [0.3, 0.4) is 0 Å². The fourth-order valence-electron chi connectivity index (χ4n) is 3.07. The Kier molecular flexibility index (Phi) is 15.8. The summed E-state index contributed by atoms with van der Waals surface area (Å²) in [5.74, 6) is -0.0222. The van der Waals surface area contributed by atoms with Crippen molar-refractivity contribution in [3.8, 4) is 0 Å². The summed E-state index contributed by atoms with van der Waals surface area (Å²) in [5, 5.41) is 3.19. The summed E-state index contributed by atoms with van der Waals surface area (Å²) in [6, 6.07) is -0.371. The first-order chi connectivity index (χ1) is 13.0. The minimum absolute atomic E-state index is 0.118. The third-order valence-electron chi connectivity index (χ3n) is 4.70. The van der Waals surface area contributed by atoms with Crippen molar-refractivity contribution in [1.82, 2.24) is 5.32 Å². The lowest BCUT2D eigenvalue weighted by Crippen LogP contribution is -2.39. The molecule has 0 aliphatic rings. The zero-order valence-corrected chi connectivity index (χ0v) is 17.7. The maximum absolute atomic E-state index is 12.1. The highest BCUT2D eigenvalue weighted by Crippen LogP contribution is 2.12. The largest absolute Gasteiger partial charge is 0.466 e. The summed E-state index contributed by atoms with van der Waals surface area (Å²) >= 11 is 0. The number of hydrogen-bond donors (Lipinski definition) is 1. The van der Waals surface area contributed by atoms with Gasteiger partial charge in [-0.1, -0.05) is 33.1 Å². The van der Waals surface area contributed by atoms with Gasteiger partial charge in [-0.05, 0) is 39.5 Å². The van der Waals surface area contributed by atoms with Crippen LogP contribution in [0.25, 0.3) is 0 Å². The molecule has 0 saturated heterocycles. The van der Waals surface area contributed by atoms with E-state index in [-0.39, 0.29) is 29.7 Å². The van der Waals surface area contributed by atoms with Gasteiger partial charge in [0.1, 0.15) is 11.8 Å². The van der Waals surface area contributed by atoms with Gasteiger partial charge in [-0.3, -0.25) is 14.4 Å². The molecule has 0 heterocycles. The number of nitrogens with one attached hydrogen (secondary N) is 1. The number of ketones is 1. The van der Waals surface area contributed by atoms with Crippen molar-refractivity contribution in [3.63, 3.8) is 0 Å². The van der Waals surface area contributed by atoms with Crippen LogP contribution in [0.4, 0.5) is 0 Å². The van der Waals surface area contributed by atoms with Crippen LogP contribution in [-0.4, -0.2) is 43.5 Å². The lowest BCUT2D eigenvalue weighted by Gasteiger charge is -2.18. The van der Waals surface area contributed by atoms with Gasteiger partial charge in [-0.15, -0.1) is 0 Å². The molecule has 0 rings (SSSR count). The fourth-order valence-corrected chi connectivity index (χ4v) is 3.07. The number of Topliss-reactive ketones (excluding diaryl/α,β-unsaturated/α-hetero) is 1. The molecule has 0 fully saturated rings. The van der Waals surface area contributed by atoms with Gasteiger partial charge < -0.3 is 14.8 Å². The molecule has 6 nitrogen and oxygen atoms in total. The topological polar surface area (TPSA) is 81.7 Å². The van der Waals surface area contributed by atoms with E-state index in [1.807, 2.05) is 13.8 Å². The van der Waals surface area contributed by atoms with Crippen molar-refractivity contribution < 1.29 is 23.9 Å². The van der Waals surface area contributed by atoms with Crippen LogP contribution in [0, 0.1) is 5.92 Å². The Labute approximate surface area is 164 Å². The van der Waals surface area contributed by atoms with Crippen LogP contribution >= 0.6 is 0 Å². The monoisotopic (exact) mass is 385 g/mol. The van der Waals surface area contributed by atoms with Crippen LogP contribution < -0.4 is 5.32 Å². The molecule has 0 radical (unpaired) electrons. The summed E-state index contributed by atoms with van der Waals surface area (Å²) in [6.45, 7) is 8.93. The third-order valence-corrected chi connectivity index (χ3v) is 4.70. The first-order valence-corrected chi connectivity index (χ1v) is 10.6. The van der Waals surface area contributed by atoms with E-state index in [2.05, 4.69) is 5.32 Å². The van der Waals surface area contributed by atoms with E-state index in [4.69, 9.17) is 9.47 Å².